The monoisotopic (exact) mass is 426 g/mol. The molecule has 3 rings (SSSR count). The fourth-order valence-electron chi connectivity index (χ4n) is 3.52. The van der Waals surface area contributed by atoms with Crippen LogP contribution in [0.15, 0.2) is 16.6 Å². The number of methoxy groups -OCH3 is 1. The van der Waals surface area contributed by atoms with Crippen LogP contribution in [0.2, 0.25) is 0 Å². The van der Waals surface area contributed by atoms with Crippen molar-refractivity contribution in [1.29, 1.82) is 0 Å². The molecule has 0 radical (unpaired) electrons. The maximum Gasteiger partial charge on any atom is 0.254 e. The number of halogens is 1. The lowest BCUT2D eigenvalue weighted by molar-refractivity contribution is 0.0432. The molecule has 2 saturated heterocycles. The van der Waals surface area contributed by atoms with Crippen molar-refractivity contribution >= 4 is 21.8 Å². The van der Waals surface area contributed by atoms with Crippen LogP contribution in [0.4, 0.5) is 0 Å². The molecule has 0 saturated carbocycles. The molecule has 0 spiro atoms. The molecule has 26 heavy (non-hydrogen) atoms. The Balaban J connectivity index is 1.62. The molecule has 0 aliphatic carbocycles. The van der Waals surface area contributed by atoms with Crippen LogP contribution in [0, 0.1) is 0 Å². The summed E-state index contributed by atoms with van der Waals surface area (Å²) in [4.78, 5) is 17.2. The third-order valence-electron chi connectivity index (χ3n) is 4.91. The van der Waals surface area contributed by atoms with Gasteiger partial charge >= 0.3 is 0 Å². The normalized spacial score (nSPS) is 21.0. The lowest BCUT2D eigenvalue weighted by atomic mass is 10.1. The molecule has 1 atom stereocenters. The van der Waals surface area contributed by atoms with E-state index in [0.29, 0.717) is 29.8 Å². The maximum atomic E-state index is 12.9. The summed E-state index contributed by atoms with van der Waals surface area (Å²) in [6.45, 7) is 7.57. The smallest absolute Gasteiger partial charge is 0.254 e. The Kier molecular flexibility index (Phi) is 6.78. The summed E-state index contributed by atoms with van der Waals surface area (Å²) in [5.41, 5.74) is 0.616. The van der Waals surface area contributed by atoms with Crippen LogP contribution < -0.4 is 9.47 Å². The van der Waals surface area contributed by atoms with Crippen molar-refractivity contribution in [2.45, 2.75) is 25.9 Å². The van der Waals surface area contributed by atoms with E-state index in [2.05, 4.69) is 20.8 Å². The highest BCUT2D eigenvalue weighted by molar-refractivity contribution is 9.10. The Morgan fingerprint density at radius 2 is 2.08 bits per heavy atom. The van der Waals surface area contributed by atoms with E-state index in [1.54, 1.807) is 13.2 Å². The van der Waals surface area contributed by atoms with Crippen molar-refractivity contribution in [2.75, 3.05) is 53.0 Å². The summed E-state index contributed by atoms with van der Waals surface area (Å²) in [6.07, 6.45) is 2.68. The van der Waals surface area contributed by atoms with Gasteiger partial charge in [-0.3, -0.25) is 9.69 Å². The molecule has 1 amide bonds. The largest absolute Gasteiger partial charge is 0.493 e. The van der Waals surface area contributed by atoms with E-state index in [-0.39, 0.29) is 5.91 Å². The molecule has 1 unspecified atom stereocenters. The Morgan fingerprint density at radius 1 is 1.31 bits per heavy atom. The van der Waals surface area contributed by atoms with E-state index < -0.39 is 0 Å². The molecular formula is C19H27BrN2O4. The molecule has 1 aromatic rings. The Labute approximate surface area is 163 Å². The highest BCUT2D eigenvalue weighted by atomic mass is 79.9. The van der Waals surface area contributed by atoms with Crippen LogP contribution in [0.1, 0.15) is 30.1 Å². The Bertz CT molecular complexity index is 626. The molecular weight excluding hydrogens is 400 g/mol. The topological polar surface area (TPSA) is 51.2 Å². The second-order valence-electron chi connectivity index (χ2n) is 6.65. The lowest BCUT2D eigenvalue weighted by Crippen LogP contribution is -2.50. The third kappa shape index (κ3) is 4.50. The van der Waals surface area contributed by atoms with Crippen LogP contribution in [0.5, 0.6) is 11.5 Å². The number of carbonyl (C=O) groups excluding carboxylic acids is 1. The van der Waals surface area contributed by atoms with Gasteiger partial charge in [0.1, 0.15) is 0 Å². The van der Waals surface area contributed by atoms with E-state index in [4.69, 9.17) is 14.2 Å². The minimum absolute atomic E-state index is 0.0313. The van der Waals surface area contributed by atoms with Gasteiger partial charge in [-0.1, -0.05) is 0 Å². The van der Waals surface area contributed by atoms with Gasteiger partial charge in [0.2, 0.25) is 0 Å². The number of benzene rings is 1. The molecule has 1 aromatic carbocycles. The summed E-state index contributed by atoms with van der Waals surface area (Å²) in [5.74, 6) is 1.23. The van der Waals surface area contributed by atoms with Crippen LogP contribution in [-0.4, -0.2) is 74.9 Å². The van der Waals surface area contributed by atoms with E-state index in [1.165, 1.54) is 0 Å². The Hall–Kier alpha value is -1.31. The third-order valence-corrected chi connectivity index (χ3v) is 5.50. The average molecular weight is 427 g/mol. The van der Waals surface area contributed by atoms with E-state index >= 15 is 0 Å². The molecule has 2 heterocycles. The van der Waals surface area contributed by atoms with Gasteiger partial charge in [0, 0.05) is 44.9 Å². The zero-order valence-corrected chi connectivity index (χ0v) is 17.1. The van der Waals surface area contributed by atoms with E-state index in [0.717, 1.165) is 56.6 Å². The number of hydrogen-bond acceptors (Lipinski definition) is 5. The van der Waals surface area contributed by atoms with Crippen molar-refractivity contribution in [3.63, 3.8) is 0 Å². The molecule has 6 nitrogen and oxygen atoms in total. The predicted molar refractivity (Wildman–Crippen MR) is 103 cm³/mol. The average Bonchev–Trinajstić information content (AvgIpc) is 3.16. The van der Waals surface area contributed by atoms with E-state index in [9.17, 15) is 4.79 Å². The van der Waals surface area contributed by atoms with Crippen LogP contribution in [0.3, 0.4) is 0 Å². The number of hydrogen-bond donors (Lipinski definition) is 0. The minimum Gasteiger partial charge on any atom is -0.493 e. The molecule has 0 N–H and O–H groups in total. The first-order valence-corrected chi connectivity index (χ1v) is 10.0. The summed E-state index contributed by atoms with van der Waals surface area (Å²) in [6, 6.07) is 3.57. The number of carbonyl (C=O) groups is 1. The lowest BCUT2D eigenvalue weighted by Gasteiger charge is -2.35. The van der Waals surface area contributed by atoms with E-state index in [1.807, 2.05) is 17.9 Å². The number of ether oxygens (including phenoxy) is 3. The SMILES string of the molecule is CCOc1c(Br)cc(C(=O)N2CCN(CC3CCCO3)CC2)cc1OC. The predicted octanol–water partition coefficient (Wildman–Crippen LogP) is 2.79. The number of rotatable bonds is 6. The molecule has 2 aliphatic rings. The molecule has 2 fully saturated rings. The van der Waals surface area contributed by atoms with Gasteiger partial charge in [0.15, 0.2) is 11.5 Å². The summed E-state index contributed by atoms with van der Waals surface area (Å²) >= 11 is 3.49. The zero-order valence-electron chi connectivity index (χ0n) is 15.5. The van der Waals surface area contributed by atoms with Gasteiger partial charge in [-0.25, -0.2) is 0 Å². The first-order valence-electron chi connectivity index (χ1n) is 9.26. The quantitative estimate of drug-likeness (QED) is 0.699. The molecule has 7 heteroatoms. The number of piperazine rings is 1. The van der Waals surface area contributed by atoms with Crippen molar-refractivity contribution < 1.29 is 19.0 Å². The molecule has 0 aromatic heterocycles. The first-order chi connectivity index (χ1) is 12.6. The van der Waals surface area contributed by atoms with Gasteiger partial charge in [-0.2, -0.15) is 0 Å². The van der Waals surface area contributed by atoms with Gasteiger partial charge in [-0.05, 0) is 47.8 Å². The van der Waals surface area contributed by atoms with Crippen molar-refractivity contribution in [3.8, 4) is 11.5 Å². The molecule has 2 aliphatic heterocycles. The van der Waals surface area contributed by atoms with Gasteiger partial charge in [0.05, 0.1) is 24.3 Å². The van der Waals surface area contributed by atoms with Crippen LogP contribution >= 0.6 is 15.9 Å². The Morgan fingerprint density at radius 3 is 2.69 bits per heavy atom. The maximum absolute atomic E-state index is 12.9. The minimum atomic E-state index is 0.0313. The van der Waals surface area contributed by atoms with Crippen LogP contribution in [-0.2, 0) is 4.74 Å². The molecule has 0 bridgehead atoms. The van der Waals surface area contributed by atoms with Gasteiger partial charge in [0.25, 0.3) is 5.91 Å². The zero-order chi connectivity index (χ0) is 18.5. The van der Waals surface area contributed by atoms with Gasteiger partial charge in [-0.15, -0.1) is 0 Å². The summed E-state index contributed by atoms with van der Waals surface area (Å²) < 4.78 is 17.5. The molecule has 144 valence electrons. The summed E-state index contributed by atoms with van der Waals surface area (Å²) in [7, 11) is 1.59. The van der Waals surface area contributed by atoms with Crippen molar-refractivity contribution in [3.05, 3.63) is 22.2 Å². The highest BCUT2D eigenvalue weighted by Gasteiger charge is 2.26. The van der Waals surface area contributed by atoms with Crippen molar-refractivity contribution in [2.24, 2.45) is 0 Å². The number of nitrogens with zero attached hydrogens (tertiary/aromatic N) is 2. The standard InChI is InChI=1S/C19H27BrN2O4/c1-3-25-18-16(20)11-14(12-17(18)24-2)19(23)22-8-6-21(7-9-22)13-15-5-4-10-26-15/h11-12,15H,3-10,13H2,1-2H3. The fourth-order valence-corrected chi connectivity index (χ4v) is 4.08. The van der Waals surface area contributed by atoms with Gasteiger partial charge < -0.3 is 19.1 Å². The van der Waals surface area contributed by atoms with Crippen molar-refractivity contribution in [1.82, 2.24) is 9.80 Å². The summed E-state index contributed by atoms with van der Waals surface area (Å²) in [5, 5.41) is 0. The second kappa shape index (κ2) is 9.06. The first kappa shape index (κ1) is 19.5. The fraction of sp³-hybridized carbons (Fsp3) is 0.632. The van der Waals surface area contributed by atoms with Crippen LogP contribution in [0.25, 0.3) is 0 Å². The highest BCUT2D eigenvalue weighted by Crippen LogP contribution is 2.37. The second-order valence-corrected chi connectivity index (χ2v) is 7.50. The number of amides is 1.